The van der Waals surface area contributed by atoms with Crippen LogP contribution >= 0.6 is 23.9 Å². The zero-order valence-electron chi connectivity index (χ0n) is 26.6. The molecule has 0 aromatic heterocycles. The van der Waals surface area contributed by atoms with E-state index in [4.69, 9.17) is 18.9 Å². The molecule has 268 valence electrons. The topological polar surface area (TPSA) is 112 Å². The first-order valence-corrected chi connectivity index (χ1v) is 19.3. The largest absolute Gasteiger partial charge is 0.457 e. The molecule has 2 heterocycles. The van der Waals surface area contributed by atoms with Crippen LogP contribution < -0.4 is 0 Å². The second-order valence-corrected chi connectivity index (χ2v) is 20.3. The third kappa shape index (κ3) is 4.65. The highest BCUT2D eigenvalue weighted by Gasteiger charge is 2.84. The average molecular weight is 751 g/mol. The Morgan fingerprint density at radius 2 is 0.891 bits per heavy atom. The van der Waals surface area contributed by atoms with Crippen LogP contribution in [0.15, 0.2) is 0 Å². The molecule has 0 radical (unpaired) electrons. The van der Waals surface area contributed by atoms with E-state index in [1.165, 1.54) is 28.4 Å². The molecule has 46 heavy (non-hydrogen) atoms. The van der Waals surface area contributed by atoms with E-state index in [0.717, 1.165) is 0 Å². The Hall–Kier alpha value is -0.0600. The molecule has 0 amide bonds. The molecule has 4 aliphatic carbocycles. The highest BCUT2D eigenvalue weighted by atomic mass is 32.3. The second-order valence-electron chi connectivity index (χ2n) is 14.1. The van der Waals surface area contributed by atoms with E-state index in [1.54, 1.807) is 0 Å². The summed E-state index contributed by atoms with van der Waals surface area (Å²) in [5, 5.41) is 0. The van der Waals surface area contributed by atoms with Crippen molar-refractivity contribution in [2.45, 2.75) is 88.1 Å². The van der Waals surface area contributed by atoms with Crippen molar-refractivity contribution in [2.75, 3.05) is 39.9 Å². The SMILES string of the molecule is COC1(OC)[C@H]2CC[C@]3(CS(=O)(=O)N(SC(F)(F)F)[C@H]13)C2(C)C.COC1(OC)[C@H]2CC[C@]3(CS(=O)(=O)N(SC(F)(F)F)[C@H]13)C2(C)C. The Bertz CT molecular complexity index is 1340. The van der Waals surface area contributed by atoms with E-state index in [0.29, 0.717) is 33.1 Å². The summed E-state index contributed by atoms with van der Waals surface area (Å²) in [5.74, 6) is -3.64. The fraction of sp³-hybridized carbons (Fsp3) is 1.00. The van der Waals surface area contributed by atoms with Gasteiger partial charge in [0.25, 0.3) is 0 Å². The van der Waals surface area contributed by atoms with Crippen molar-refractivity contribution in [3.8, 4) is 0 Å². The van der Waals surface area contributed by atoms with Gasteiger partial charge in [-0.15, -0.1) is 7.42 Å². The van der Waals surface area contributed by atoms with Crippen LogP contribution in [-0.2, 0) is 39.0 Å². The predicted molar refractivity (Wildman–Crippen MR) is 157 cm³/mol. The standard InChI is InChI=1S/2C13H20F3NO4S2/c2*1-10(2)8-5-6-11(10)7-23(18,19)17(22-13(14,15)16)9(11)12(8,20-3)21-4/h2*8-9H,5-7H2,1-4H3/t2*8-,9-,11+/m00/s1. The van der Waals surface area contributed by atoms with E-state index in [-0.39, 0.29) is 23.3 Å². The summed E-state index contributed by atoms with van der Waals surface area (Å²) in [6.45, 7) is 7.65. The molecule has 4 bridgehead atoms. The summed E-state index contributed by atoms with van der Waals surface area (Å²) in [5.41, 5.74) is -12.0. The predicted octanol–water partition coefficient (Wildman–Crippen LogP) is 5.19. The van der Waals surface area contributed by atoms with Gasteiger partial charge in [0.1, 0.15) is 0 Å². The first-order valence-electron chi connectivity index (χ1n) is 14.5. The van der Waals surface area contributed by atoms with Crippen molar-refractivity contribution in [1.29, 1.82) is 0 Å². The van der Waals surface area contributed by atoms with Crippen LogP contribution in [0.3, 0.4) is 0 Å². The van der Waals surface area contributed by atoms with E-state index >= 15 is 0 Å². The molecule has 0 aromatic rings. The summed E-state index contributed by atoms with van der Waals surface area (Å²) in [4.78, 5) is 0. The van der Waals surface area contributed by atoms with Gasteiger partial charge < -0.3 is 18.9 Å². The van der Waals surface area contributed by atoms with Crippen molar-refractivity contribution in [2.24, 2.45) is 33.5 Å². The van der Waals surface area contributed by atoms with Crippen molar-refractivity contribution >= 4 is 43.9 Å². The quantitative estimate of drug-likeness (QED) is 0.205. The maximum absolute atomic E-state index is 13.0. The summed E-state index contributed by atoms with van der Waals surface area (Å²) in [7, 11) is -2.66. The van der Waals surface area contributed by atoms with E-state index in [9.17, 15) is 43.2 Å². The number of sulfonamides is 2. The van der Waals surface area contributed by atoms with Gasteiger partial charge in [-0.1, -0.05) is 27.7 Å². The van der Waals surface area contributed by atoms with Crippen molar-refractivity contribution < 1.29 is 62.1 Å². The Kier molecular flexibility index (Phi) is 8.67. The molecule has 6 rings (SSSR count). The maximum Gasteiger partial charge on any atom is 0.457 e. The van der Waals surface area contributed by atoms with Crippen molar-refractivity contribution in [3.05, 3.63) is 0 Å². The van der Waals surface area contributed by atoms with Gasteiger partial charge in [-0.2, -0.15) is 26.3 Å². The number of hydrogen-bond acceptors (Lipinski definition) is 10. The van der Waals surface area contributed by atoms with Gasteiger partial charge in [0.05, 0.1) is 23.6 Å². The Balaban J connectivity index is 0.000000181. The van der Waals surface area contributed by atoms with Crippen LogP contribution in [0.25, 0.3) is 0 Å². The van der Waals surface area contributed by atoms with E-state index in [1.807, 2.05) is 27.7 Å². The van der Waals surface area contributed by atoms with Crippen molar-refractivity contribution in [3.63, 3.8) is 0 Å². The van der Waals surface area contributed by atoms with E-state index in [2.05, 4.69) is 0 Å². The number of ether oxygens (including phenoxy) is 4. The molecule has 0 N–H and O–H groups in total. The molecule has 10 nitrogen and oxygen atoms in total. The summed E-state index contributed by atoms with van der Waals surface area (Å²) in [6, 6.07) is -1.98. The second kappa shape index (κ2) is 10.7. The lowest BCUT2D eigenvalue weighted by Crippen LogP contribution is -2.57. The fourth-order valence-corrected chi connectivity index (χ4v) is 17.8. The Morgan fingerprint density at radius 1 is 0.609 bits per heavy atom. The minimum absolute atomic E-state index is 0.165. The summed E-state index contributed by atoms with van der Waals surface area (Å²) < 4.78 is 151. The molecular weight excluding hydrogens is 711 g/mol. The lowest BCUT2D eigenvalue weighted by atomic mass is 9.69. The van der Waals surface area contributed by atoms with Gasteiger partial charge in [0.15, 0.2) is 11.6 Å². The zero-order chi connectivity index (χ0) is 34.9. The van der Waals surface area contributed by atoms with Crippen LogP contribution in [-0.4, -0.2) is 98.9 Å². The first kappa shape index (κ1) is 37.2. The van der Waals surface area contributed by atoms with Crippen LogP contribution in [0.4, 0.5) is 26.3 Å². The molecule has 6 atom stereocenters. The first-order chi connectivity index (χ1) is 20.8. The number of nitrogens with zero attached hydrogens (tertiary/aromatic N) is 2. The third-order valence-electron chi connectivity index (χ3n) is 12.4. The molecule has 0 aromatic carbocycles. The molecule has 2 aliphatic heterocycles. The lowest BCUT2D eigenvalue weighted by molar-refractivity contribution is -0.259. The number of alkyl halides is 6. The molecule has 4 saturated carbocycles. The third-order valence-corrected chi connectivity index (χ3v) is 18.6. The monoisotopic (exact) mass is 750 g/mol. The Labute approximate surface area is 274 Å². The Morgan fingerprint density at radius 3 is 1.13 bits per heavy atom. The lowest BCUT2D eigenvalue weighted by Gasteiger charge is -2.44. The normalized spacial score (nSPS) is 40.5. The molecule has 2 saturated heterocycles. The molecule has 6 fully saturated rings. The number of fused-ring (bicyclic) bond motifs is 2. The number of halogens is 6. The van der Waals surface area contributed by atoms with Crippen LogP contribution in [0.2, 0.25) is 0 Å². The zero-order valence-corrected chi connectivity index (χ0v) is 29.9. The van der Waals surface area contributed by atoms with E-state index < -0.39 is 100 Å². The molecule has 20 heteroatoms. The van der Waals surface area contributed by atoms with Crippen LogP contribution in [0.1, 0.15) is 53.4 Å². The van der Waals surface area contributed by atoms with Gasteiger partial charge in [0, 0.05) is 75.0 Å². The van der Waals surface area contributed by atoms with Crippen LogP contribution in [0.5, 0.6) is 0 Å². The van der Waals surface area contributed by atoms with Gasteiger partial charge in [-0.05, 0) is 36.5 Å². The van der Waals surface area contributed by atoms with Crippen molar-refractivity contribution in [1.82, 2.24) is 7.42 Å². The molecule has 0 unspecified atom stereocenters. The maximum atomic E-state index is 13.0. The smallest absolute Gasteiger partial charge is 0.351 e. The number of rotatable bonds is 6. The molecular formula is C26H40F6N2O8S4. The van der Waals surface area contributed by atoms with Gasteiger partial charge in [-0.3, -0.25) is 0 Å². The van der Waals surface area contributed by atoms with Gasteiger partial charge >= 0.3 is 11.0 Å². The summed E-state index contributed by atoms with van der Waals surface area (Å²) >= 11 is -1.20. The minimum atomic E-state index is -4.70. The fourth-order valence-electron chi connectivity index (χ4n) is 10.5. The minimum Gasteiger partial charge on any atom is -0.351 e. The number of methoxy groups -OCH3 is 4. The summed E-state index contributed by atoms with van der Waals surface area (Å²) in [6.07, 6.45) is 2.45. The number of hydrogen-bond donors (Lipinski definition) is 0. The highest BCUT2D eigenvalue weighted by Crippen LogP contribution is 2.76. The highest BCUT2D eigenvalue weighted by molar-refractivity contribution is 8.09. The average Bonchev–Trinajstić information content (AvgIpc) is 3.57. The van der Waals surface area contributed by atoms with Gasteiger partial charge in [0.2, 0.25) is 20.0 Å². The molecule has 2 spiro atoms. The van der Waals surface area contributed by atoms with Gasteiger partial charge in [-0.25, -0.2) is 16.8 Å². The van der Waals surface area contributed by atoms with Crippen LogP contribution in [0, 0.1) is 33.5 Å². The molecule has 6 aliphatic rings.